The number of ketones is 1. The number of aromatic amines is 1. The number of aryl methyl sites for hydroxylation is 1. The van der Waals surface area contributed by atoms with Gasteiger partial charge in [0.2, 0.25) is 0 Å². The lowest BCUT2D eigenvalue weighted by atomic mass is 10.1. The van der Waals surface area contributed by atoms with E-state index in [0.29, 0.717) is 37.9 Å². The number of imidazole rings is 1. The van der Waals surface area contributed by atoms with Gasteiger partial charge in [0.05, 0.1) is 30.5 Å². The normalized spacial score (nSPS) is 15.6. The molecule has 0 unspecified atom stereocenters. The third-order valence-electron chi connectivity index (χ3n) is 6.45. The van der Waals surface area contributed by atoms with Gasteiger partial charge in [0.25, 0.3) is 0 Å². The van der Waals surface area contributed by atoms with Gasteiger partial charge in [0, 0.05) is 31.1 Å². The number of benzene rings is 2. The standard InChI is InChI=1S/C27H27N7O3/c35-23-8-6-19-13-18(5-7-20(19)23)15-28-33-24-14-27(34-9-11-36-12-10-34)32-26(31-24)17-37-16-25-29-21-3-1-2-4-22(21)30-25/h1-5,7,13-15H,6,8-12,16-17H2,(H,29,30)(H,31,32,33)/b28-15+. The van der Waals surface area contributed by atoms with Gasteiger partial charge in [-0.25, -0.2) is 15.0 Å². The van der Waals surface area contributed by atoms with Crippen molar-refractivity contribution in [3.63, 3.8) is 0 Å². The molecule has 0 bridgehead atoms. The number of para-hydroxylation sites is 2. The fourth-order valence-corrected chi connectivity index (χ4v) is 4.60. The first-order valence-electron chi connectivity index (χ1n) is 12.4. The van der Waals surface area contributed by atoms with Crippen LogP contribution in [0.5, 0.6) is 0 Å². The second-order valence-corrected chi connectivity index (χ2v) is 9.03. The number of hydrogen-bond donors (Lipinski definition) is 2. The van der Waals surface area contributed by atoms with E-state index in [-0.39, 0.29) is 12.4 Å². The average molecular weight is 498 g/mol. The molecule has 2 aromatic heterocycles. The number of hydrazone groups is 1. The Bertz CT molecular complexity index is 1430. The Morgan fingerprint density at radius 2 is 1.95 bits per heavy atom. The quantitative estimate of drug-likeness (QED) is 0.281. The SMILES string of the molecule is O=C1CCc2cc(/C=N/Nc3cc(N4CCOCC4)nc(COCc4nc5ccccc5[nH]4)n3)ccc21. The molecule has 0 atom stereocenters. The zero-order valence-corrected chi connectivity index (χ0v) is 20.3. The number of carbonyl (C=O) groups is 1. The van der Waals surface area contributed by atoms with Gasteiger partial charge in [-0.05, 0) is 35.7 Å². The van der Waals surface area contributed by atoms with Crippen LogP contribution in [-0.4, -0.2) is 58.2 Å². The largest absolute Gasteiger partial charge is 0.378 e. The molecule has 0 amide bonds. The number of aromatic nitrogens is 4. The molecule has 2 aromatic carbocycles. The van der Waals surface area contributed by atoms with Crippen molar-refractivity contribution >= 4 is 34.7 Å². The highest BCUT2D eigenvalue weighted by molar-refractivity contribution is 6.01. The maximum atomic E-state index is 11.9. The third kappa shape index (κ3) is 5.35. The molecule has 0 saturated carbocycles. The smallest absolute Gasteiger partial charge is 0.163 e. The number of fused-ring (bicyclic) bond motifs is 2. The van der Waals surface area contributed by atoms with Crippen LogP contribution in [0.4, 0.5) is 11.6 Å². The second-order valence-electron chi connectivity index (χ2n) is 9.03. The van der Waals surface area contributed by atoms with Crippen molar-refractivity contribution in [3.05, 3.63) is 76.9 Å². The van der Waals surface area contributed by atoms with Crippen molar-refractivity contribution in [2.45, 2.75) is 26.1 Å². The highest BCUT2D eigenvalue weighted by Crippen LogP contribution is 2.23. The summed E-state index contributed by atoms with van der Waals surface area (Å²) in [5.74, 6) is 2.89. The summed E-state index contributed by atoms with van der Waals surface area (Å²) < 4.78 is 11.4. The molecule has 3 heterocycles. The van der Waals surface area contributed by atoms with Gasteiger partial charge in [0.15, 0.2) is 17.4 Å². The molecule has 10 heteroatoms. The van der Waals surface area contributed by atoms with Crippen LogP contribution in [0, 0.1) is 0 Å². The molecule has 1 fully saturated rings. The van der Waals surface area contributed by atoms with Crippen molar-refractivity contribution in [2.75, 3.05) is 36.6 Å². The minimum atomic E-state index is 0.211. The van der Waals surface area contributed by atoms with E-state index < -0.39 is 0 Å². The first kappa shape index (κ1) is 23.3. The fourth-order valence-electron chi connectivity index (χ4n) is 4.60. The second kappa shape index (κ2) is 10.5. The van der Waals surface area contributed by atoms with Gasteiger partial charge < -0.3 is 19.4 Å². The van der Waals surface area contributed by atoms with E-state index in [2.05, 4.69) is 30.4 Å². The van der Waals surface area contributed by atoms with Gasteiger partial charge in [-0.1, -0.05) is 24.3 Å². The van der Waals surface area contributed by atoms with Gasteiger partial charge in [-0.3, -0.25) is 10.2 Å². The van der Waals surface area contributed by atoms with E-state index in [9.17, 15) is 4.79 Å². The maximum absolute atomic E-state index is 11.9. The molecular formula is C27H27N7O3. The summed E-state index contributed by atoms with van der Waals surface area (Å²) in [5, 5.41) is 4.39. The molecule has 10 nitrogen and oxygen atoms in total. The lowest BCUT2D eigenvalue weighted by Gasteiger charge is -2.28. The topological polar surface area (TPSA) is 118 Å². The summed E-state index contributed by atoms with van der Waals surface area (Å²) in [6.07, 6.45) is 3.10. The van der Waals surface area contributed by atoms with Crippen LogP contribution in [0.25, 0.3) is 11.0 Å². The summed E-state index contributed by atoms with van der Waals surface area (Å²) in [4.78, 5) is 31.2. The molecule has 0 radical (unpaired) electrons. The molecule has 37 heavy (non-hydrogen) atoms. The predicted octanol–water partition coefficient (Wildman–Crippen LogP) is 3.48. The third-order valence-corrected chi connectivity index (χ3v) is 6.45. The van der Waals surface area contributed by atoms with E-state index in [4.69, 9.17) is 14.5 Å². The van der Waals surface area contributed by atoms with E-state index in [0.717, 1.165) is 58.9 Å². The highest BCUT2D eigenvalue weighted by Gasteiger charge is 2.19. The lowest BCUT2D eigenvalue weighted by molar-refractivity contribution is 0.0971. The number of nitrogens with zero attached hydrogens (tertiary/aromatic N) is 5. The van der Waals surface area contributed by atoms with Gasteiger partial charge in [0.1, 0.15) is 24.9 Å². The summed E-state index contributed by atoms with van der Waals surface area (Å²) in [6, 6.07) is 15.6. The number of hydrogen-bond acceptors (Lipinski definition) is 9. The molecule has 6 rings (SSSR count). The number of anilines is 2. The minimum absolute atomic E-state index is 0.211. The molecule has 1 aliphatic heterocycles. The Kier molecular flexibility index (Phi) is 6.57. The zero-order valence-electron chi connectivity index (χ0n) is 20.3. The summed E-state index contributed by atoms with van der Waals surface area (Å²) in [7, 11) is 0. The van der Waals surface area contributed by atoms with Crippen LogP contribution < -0.4 is 10.3 Å². The summed E-state index contributed by atoms with van der Waals surface area (Å²) in [5.41, 5.74) is 7.75. The van der Waals surface area contributed by atoms with Crippen LogP contribution in [0.1, 0.15) is 39.6 Å². The molecular weight excluding hydrogens is 470 g/mol. The number of H-pyrrole nitrogens is 1. The zero-order chi connectivity index (χ0) is 25.0. The number of rotatable bonds is 8. The van der Waals surface area contributed by atoms with Crippen LogP contribution in [-0.2, 0) is 29.1 Å². The molecule has 188 valence electrons. The van der Waals surface area contributed by atoms with Gasteiger partial charge in [-0.2, -0.15) is 5.10 Å². The van der Waals surface area contributed by atoms with Crippen LogP contribution >= 0.6 is 0 Å². The Morgan fingerprint density at radius 1 is 1.05 bits per heavy atom. The average Bonchev–Trinajstić information content (AvgIpc) is 3.52. The van der Waals surface area contributed by atoms with Crippen LogP contribution in [0.2, 0.25) is 0 Å². The Labute approximate surface area is 213 Å². The van der Waals surface area contributed by atoms with Gasteiger partial charge in [-0.15, -0.1) is 0 Å². The predicted molar refractivity (Wildman–Crippen MR) is 140 cm³/mol. The number of nitrogens with one attached hydrogen (secondary N) is 2. The van der Waals surface area contributed by atoms with E-state index >= 15 is 0 Å². The van der Waals surface area contributed by atoms with E-state index in [1.165, 1.54) is 0 Å². The number of ether oxygens (including phenoxy) is 2. The van der Waals surface area contributed by atoms with Gasteiger partial charge >= 0.3 is 0 Å². The highest BCUT2D eigenvalue weighted by atomic mass is 16.5. The summed E-state index contributed by atoms with van der Waals surface area (Å²) in [6.45, 7) is 3.38. The van der Waals surface area contributed by atoms with E-state index in [1.807, 2.05) is 48.5 Å². The van der Waals surface area contributed by atoms with Crippen molar-refractivity contribution in [2.24, 2.45) is 5.10 Å². The van der Waals surface area contributed by atoms with Crippen molar-refractivity contribution in [1.82, 2.24) is 19.9 Å². The maximum Gasteiger partial charge on any atom is 0.163 e. The number of Topliss-reactive ketones (excluding diaryl/α,β-unsaturated/α-hetero) is 1. The van der Waals surface area contributed by atoms with Crippen molar-refractivity contribution in [1.29, 1.82) is 0 Å². The molecule has 1 saturated heterocycles. The monoisotopic (exact) mass is 497 g/mol. The lowest BCUT2D eigenvalue weighted by Crippen LogP contribution is -2.37. The van der Waals surface area contributed by atoms with Crippen molar-refractivity contribution in [3.8, 4) is 0 Å². The molecule has 4 aromatic rings. The Morgan fingerprint density at radius 3 is 2.84 bits per heavy atom. The minimum Gasteiger partial charge on any atom is -0.378 e. The first-order valence-corrected chi connectivity index (χ1v) is 12.4. The number of carbonyl (C=O) groups excluding carboxylic acids is 1. The Balaban J connectivity index is 1.16. The number of morpholine rings is 1. The molecule has 0 spiro atoms. The Hall–Kier alpha value is -4.15. The summed E-state index contributed by atoms with van der Waals surface area (Å²) >= 11 is 0. The van der Waals surface area contributed by atoms with Crippen LogP contribution in [0.3, 0.4) is 0 Å². The fraction of sp³-hybridized carbons (Fsp3) is 0.296. The first-order chi connectivity index (χ1) is 18.2. The molecule has 1 aliphatic carbocycles. The van der Waals surface area contributed by atoms with Crippen LogP contribution in [0.15, 0.2) is 53.6 Å². The van der Waals surface area contributed by atoms with E-state index in [1.54, 1.807) is 6.21 Å². The molecule has 2 N–H and O–H groups in total. The molecule has 2 aliphatic rings. The van der Waals surface area contributed by atoms with Crippen molar-refractivity contribution < 1.29 is 14.3 Å².